The van der Waals surface area contributed by atoms with Crippen LogP contribution in [0.25, 0.3) is 10.9 Å². The van der Waals surface area contributed by atoms with Crippen LogP contribution in [0.15, 0.2) is 48.7 Å². The van der Waals surface area contributed by atoms with Gasteiger partial charge < -0.3 is 24.7 Å². The van der Waals surface area contributed by atoms with E-state index in [4.69, 9.17) is 9.47 Å². The second-order valence-electron chi connectivity index (χ2n) is 11.6. The first kappa shape index (κ1) is 24.2. The van der Waals surface area contributed by atoms with Crippen LogP contribution in [0.3, 0.4) is 0 Å². The second kappa shape index (κ2) is 8.87. The number of aromatic amines is 1. The van der Waals surface area contributed by atoms with Crippen molar-refractivity contribution in [3.8, 4) is 5.75 Å². The highest BCUT2D eigenvalue weighted by molar-refractivity contribution is 6.04. The summed E-state index contributed by atoms with van der Waals surface area (Å²) in [5, 5.41) is 3.96. The van der Waals surface area contributed by atoms with Crippen molar-refractivity contribution in [1.29, 1.82) is 0 Å². The fourth-order valence-corrected chi connectivity index (χ4v) is 4.91. The Morgan fingerprint density at radius 2 is 1.78 bits per heavy atom. The fraction of sp³-hybridized carbons (Fsp3) is 0.448. The average Bonchev–Trinajstić information content (AvgIpc) is 3.15. The van der Waals surface area contributed by atoms with E-state index in [0.717, 1.165) is 29.5 Å². The van der Waals surface area contributed by atoms with Gasteiger partial charge in [-0.05, 0) is 77.1 Å². The molecule has 1 aliphatic heterocycles. The molecule has 2 aromatic carbocycles. The van der Waals surface area contributed by atoms with Crippen LogP contribution in [0.5, 0.6) is 5.75 Å². The lowest BCUT2D eigenvalue weighted by atomic mass is 9.77. The summed E-state index contributed by atoms with van der Waals surface area (Å²) in [6.45, 7) is 10.1. The van der Waals surface area contributed by atoms with Crippen molar-refractivity contribution in [2.24, 2.45) is 5.41 Å². The third-order valence-electron chi connectivity index (χ3n) is 7.13. The van der Waals surface area contributed by atoms with E-state index in [-0.39, 0.29) is 18.1 Å². The normalized spacial score (nSPS) is 20.9. The third-order valence-corrected chi connectivity index (χ3v) is 7.13. The summed E-state index contributed by atoms with van der Waals surface area (Å²) in [5.74, 6) is 1.23. The predicted octanol–water partition coefficient (Wildman–Crippen LogP) is 6.00. The minimum absolute atomic E-state index is 0.116. The summed E-state index contributed by atoms with van der Waals surface area (Å²) in [6.07, 6.45) is 3.62. The van der Waals surface area contributed by atoms with E-state index in [9.17, 15) is 9.59 Å². The molecular formula is C29H35N3O4. The Balaban J connectivity index is 1.19. The zero-order valence-corrected chi connectivity index (χ0v) is 21.7. The summed E-state index contributed by atoms with van der Waals surface area (Å²) in [6, 6.07) is 14.7. The maximum Gasteiger partial charge on any atom is 0.410 e. The smallest absolute Gasteiger partial charge is 0.410 e. The van der Waals surface area contributed by atoms with Gasteiger partial charge in [-0.3, -0.25) is 4.79 Å². The number of likely N-dealkylation sites (tertiary alicyclic amines) is 1. The average molecular weight is 490 g/mol. The van der Waals surface area contributed by atoms with E-state index < -0.39 is 11.0 Å². The minimum atomic E-state index is -0.661. The maximum atomic E-state index is 13.1. The second-order valence-corrected chi connectivity index (χ2v) is 11.6. The highest BCUT2D eigenvalue weighted by Gasteiger charge is 2.48. The first-order chi connectivity index (χ1) is 17.0. The van der Waals surface area contributed by atoms with Gasteiger partial charge in [-0.15, -0.1) is 0 Å². The van der Waals surface area contributed by atoms with Crippen molar-refractivity contribution in [3.63, 3.8) is 0 Å². The quantitative estimate of drug-likeness (QED) is 0.461. The van der Waals surface area contributed by atoms with Gasteiger partial charge >= 0.3 is 6.09 Å². The van der Waals surface area contributed by atoms with Crippen LogP contribution in [-0.2, 0) is 9.53 Å². The first-order valence-corrected chi connectivity index (χ1v) is 12.6. The van der Waals surface area contributed by atoms with Gasteiger partial charge in [0, 0.05) is 30.2 Å². The monoisotopic (exact) mass is 489 g/mol. The first-order valence-electron chi connectivity index (χ1n) is 12.6. The van der Waals surface area contributed by atoms with Crippen LogP contribution in [0.2, 0.25) is 0 Å². The molecular weight excluding hydrogens is 454 g/mol. The predicted molar refractivity (Wildman–Crippen MR) is 140 cm³/mol. The molecule has 190 valence electrons. The van der Waals surface area contributed by atoms with Gasteiger partial charge in [0.25, 0.3) is 0 Å². The Morgan fingerprint density at radius 3 is 2.44 bits per heavy atom. The maximum absolute atomic E-state index is 13.1. The molecule has 0 bridgehead atoms. The van der Waals surface area contributed by atoms with E-state index in [0.29, 0.717) is 24.7 Å². The molecule has 2 amide bonds. The van der Waals surface area contributed by atoms with Gasteiger partial charge in [-0.25, -0.2) is 4.79 Å². The molecule has 36 heavy (non-hydrogen) atoms. The van der Waals surface area contributed by atoms with Crippen molar-refractivity contribution in [1.82, 2.24) is 9.88 Å². The Kier molecular flexibility index (Phi) is 5.97. The number of nitrogens with zero attached hydrogens (tertiary/aromatic N) is 1. The van der Waals surface area contributed by atoms with E-state index in [1.54, 1.807) is 11.1 Å². The van der Waals surface area contributed by atoms with E-state index in [1.165, 1.54) is 11.1 Å². The van der Waals surface area contributed by atoms with Gasteiger partial charge in [0.15, 0.2) is 0 Å². The SMILES string of the molecule is Cc1ccc(C2CC(Oc3ccc4[nH]cc(NC(=O)C5(C)CN(C(=O)OC(C)(C)C)C5)c4c3)C2)cc1. The van der Waals surface area contributed by atoms with E-state index in [1.807, 2.05) is 45.9 Å². The lowest BCUT2D eigenvalue weighted by Crippen LogP contribution is -2.62. The molecule has 2 heterocycles. The molecule has 2 aliphatic rings. The van der Waals surface area contributed by atoms with Crippen molar-refractivity contribution in [2.75, 3.05) is 18.4 Å². The Hall–Kier alpha value is -3.48. The topological polar surface area (TPSA) is 83.7 Å². The minimum Gasteiger partial charge on any atom is -0.490 e. The van der Waals surface area contributed by atoms with Crippen LogP contribution in [0.1, 0.15) is 57.6 Å². The number of benzene rings is 2. The van der Waals surface area contributed by atoms with Crippen molar-refractivity contribution >= 4 is 28.6 Å². The van der Waals surface area contributed by atoms with Crippen molar-refractivity contribution < 1.29 is 19.1 Å². The number of ether oxygens (including phenoxy) is 2. The van der Waals surface area contributed by atoms with Crippen molar-refractivity contribution in [3.05, 3.63) is 59.8 Å². The summed E-state index contributed by atoms with van der Waals surface area (Å²) in [5.41, 5.74) is 3.07. The summed E-state index contributed by atoms with van der Waals surface area (Å²) in [4.78, 5) is 30.1. The molecule has 2 N–H and O–H groups in total. The number of H-pyrrole nitrogens is 1. The zero-order valence-electron chi connectivity index (χ0n) is 21.7. The van der Waals surface area contributed by atoms with Gasteiger partial charge in [-0.1, -0.05) is 29.8 Å². The van der Waals surface area contributed by atoms with Crippen LogP contribution in [0.4, 0.5) is 10.5 Å². The molecule has 2 fully saturated rings. The fourth-order valence-electron chi connectivity index (χ4n) is 4.91. The summed E-state index contributed by atoms with van der Waals surface area (Å²) >= 11 is 0. The Bertz CT molecular complexity index is 1280. The van der Waals surface area contributed by atoms with Gasteiger partial charge in [0.2, 0.25) is 5.91 Å². The number of carbonyl (C=O) groups excluding carboxylic acids is 2. The molecule has 0 unspecified atom stereocenters. The number of nitrogens with one attached hydrogen (secondary N) is 2. The molecule has 0 radical (unpaired) electrons. The van der Waals surface area contributed by atoms with Crippen LogP contribution < -0.4 is 10.1 Å². The number of amides is 2. The number of anilines is 1. The number of hydrogen-bond acceptors (Lipinski definition) is 4. The lowest BCUT2D eigenvalue weighted by Gasteiger charge is -2.46. The Labute approximate surface area is 212 Å². The zero-order chi connectivity index (χ0) is 25.7. The number of rotatable bonds is 5. The molecule has 5 rings (SSSR count). The summed E-state index contributed by atoms with van der Waals surface area (Å²) in [7, 11) is 0. The lowest BCUT2D eigenvalue weighted by molar-refractivity contribution is -0.133. The van der Waals surface area contributed by atoms with E-state index >= 15 is 0 Å². The molecule has 7 heteroatoms. The molecule has 1 saturated carbocycles. The number of hydrogen-bond donors (Lipinski definition) is 2. The molecule has 1 saturated heterocycles. The number of aryl methyl sites for hydroxylation is 1. The van der Waals surface area contributed by atoms with Gasteiger partial charge in [0.1, 0.15) is 11.4 Å². The van der Waals surface area contributed by atoms with Gasteiger partial charge in [0.05, 0.1) is 17.2 Å². The molecule has 1 aromatic heterocycles. The molecule has 3 aromatic rings. The highest BCUT2D eigenvalue weighted by Crippen LogP contribution is 2.40. The number of fused-ring (bicyclic) bond motifs is 1. The van der Waals surface area contributed by atoms with Crippen LogP contribution >= 0.6 is 0 Å². The third kappa shape index (κ3) is 4.92. The largest absolute Gasteiger partial charge is 0.490 e. The van der Waals surface area contributed by atoms with Crippen LogP contribution in [-0.4, -0.2) is 46.7 Å². The van der Waals surface area contributed by atoms with Gasteiger partial charge in [-0.2, -0.15) is 0 Å². The van der Waals surface area contributed by atoms with Crippen molar-refractivity contribution in [2.45, 2.75) is 65.1 Å². The molecule has 1 aliphatic carbocycles. The van der Waals surface area contributed by atoms with Crippen LogP contribution in [0, 0.1) is 12.3 Å². The standard InChI is InChI=1S/C29H35N3O4/c1-18-6-8-19(9-7-18)20-12-22(13-20)35-21-10-11-24-23(14-21)25(15-30-24)31-26(33)29(5)16-32(17-29)27(34)36-28(2,3)4/h6-11,14-15,20,22,30H,12-13,16-17H2,1-5H3,(H,31,33). The highest BCUT2D eigenvalue weighted by atomic mass is 16.6. The molecule has 7 nitrogen and oxygen atoms in total. The Morgan fingerprint density at radius 1 is 1.08 bits per heavy atom. The van der Waals surface area contributed by atoms with E-state index in [2.05, 4.69) is 41.5 Å². The molecule has 0 spiro atoms. The summed E-state index contributed by atoms with van der Waals surface area (Å²) < 4.78 is 11.7. The number of aromatic nitrogens is 1. The number of carbonyl (C=O) groups is 2. The molecule has 0 atom stereocenters.